The molecule has 0 saturated heterocycles. The molecule has 0 saturated carbocycles. The summed E-state index contributed by atoms with van der Waals surface area (Å²) < 4.78 is 1.01. The monoisotopic (exact) mass is 342 g/mol. The molecule has 3 nitrogen and oxygen atoms in total. The number of fused-ring (bicyclic) bond motifs is 1. The predicted molar refractivity (Wildman–Crippen MR) is 89.3 cm³/mol. The number of rotatable bonds is 4. The highest BCUT2D eigenvalue weighted by atomic mass is 79.9. The van der Waals surface area contributed by atoms with Crippen LogP contribution in [-0.4, -0.2) is 16.7 Å². The predicted octanol–water partition coefficient (Wildman–Crippen LogP) is 4.14. The summed E-state index contributed by atoms with van der Waals surface area (Å²) in [6, 6.07) is 17.6. The number of benzene rings is 2. The van der Waals surface area contributed by atoms with Gasteiger partial charge in [-0.1, -0.05) is 46.3 Å². The molecule has 2 aromatic carbocycles. The lowest BCUT2D eigenvalue weighted by atomic mass is 10.0. The van der Waals surface area contributed by atoms with Crippen molar-refractivity contribution < 1.29 is 5.11 Å². The van der Waals surface area contributed by atoms with Crippen LogP contribution in [0.3, 0.4) is 0 Å². The second-order valence-electron chi connectivity index (χ2n) is 4.78. The molecule has 4 heteroatoms. The maximum Gasteiger partial charge on any atom is 0.0766 e. The molecule has 3 aromatic rings. The van der Waals surface area contributed by atoms with Gasteiger partial charge in [-0.3, -0.25) is 4.98 Å². The number of para-hydroxylation sites is 1. The van der Waals surface area contributed by atoms with Crippen molar-refractivity contribution in [2.75, 3.05) is 11.9 Å². The Labute approximate surface area is 131 Å². The summed E-state index contributed by atoms with van der Waals surface area (Å²) in [7, 11) is 0. The quantitative estimate of drug-likeness (QED) is 0.748. The van der Waals surface area contributed by atoms with E-state index in [1.807, 2.05) is 54.6 Å². The summed E-state index contributed by atoms with van der Waals surface area (Å²) in [6.45, 7) is 0.00218. The average Bonchev–Trinajstić information content (AvgIpc) is 2.55. The van der Waals surface area contributed by atoms with Crippen LogP contribution < -0.4 is 5.32 Å². The molecular formula is C17H15BrN2O. The molecule has 1 aromatic heterocycles. The second-order valence-corrected chi connectivity index (χ2v) is 5.64. The van der Waals surface area contributed by atoms with Crippen molar-refractivity contribution in [3.8, 4) is 0 Å². The van der Waals surface area contributed by atoms with E-state index < -0.39 is 0 Å². The summed E-state index contributed by atoms with van der Waals surface area (Å²) in [6.07, 6.45) is 1.77. The smallest absolute Gasteiger partial charge is 0.0766 e. The van der Waals surface area contributed by atoms with E-state index in [1.54, 1.807) is 6.20 Å². The van der Waals surface area contributed by atoms with Gasteiger partial charge in [0.15, 0.2) is 0 Å². The number of aliphatic hydroxyl groups excluding tert-OH is 1. The van der Waals surface area contributed by atoms with Gasteiger partial charge in [0, 0.05) is 27.3 Å². The maximum atomic E-state index is 9.77. The molecule has 0 amide bonds. The van der Waals surface area contributed by atoms with E-state index in [1.165, 1.54) is 0 Å². The van der Waals surface area contributed by atoms with Crippen molar-refractivity contribution in [1.82, 2.24) is 4.98 Å². The zero-order valence-electron chi connectivity index (χ0n) is 11.3. The van der Waals surface area contributed by atoms with Crippen molar-refractivity contribution in [3.63, 3.8) is 0 Å². The number of nitrogens with one attached hydrogen (secondary N) is 1. The first kappa shape index (κ1) is 14.0. The number of aliphatic hydroxyl groups is 1. The Hall–Kier alpha value is -1.91. The number of hydrogen-bond donors (Lipinski definition) is 2. The number of aromatic nitrogens is 1. The van der Waals surface area contributed by atoms with Crippen molar-refractivity contribution in [2.45, 2.75) is 6.04 Å². The first-order chi connectivity index (χ1) is 10.3. The van der Waals surface area contributed by atoms with Gasteiger partial charge < -0.3 is 10.4 Å². The Kier molecular flexibility index (Phi) is 4.18. The number of anilines is 1. The summed E-state index contributed by atoms with van der Waals surface area (Å²) >= 11 is 3.55. The summed E-state index contributed by atoms with van der Waals surface area (Å²) in [5, 5.41) is 14.2. The van der Waals surface area contributed by atoms with Gasteiger partial charge in [0.1, 0.15) is 0 Å². The third-order valence-corrected chi connectivity index (χ3v) is 4.11. The molecule has 0 aliphatic heterocycles. The fourth-order valence-corrected chi connectivity index (χ4v) is 2.85. The summed E-state index contributed by atoms with van der Waals surface area (Å²) in [5.41, 5.74) is 2.86. The molecule has 3 rings (SSSR count). The molecule has 2 N–H and O–H groups in total. The Morgan fingerprint density at radius 1 is 1.05 bits per heavy atom. The van der Waals surface area contributed by atoms with Gasteiger partial charge in [0.2, 0.25) is 0 Å². The molecule has 0 bridgehead atoms. The van der Waals surface area contributed by atoms with E-state index in [0.29, 0.717) is 0 Å². The van der Waals surface area contributed by atoms with E-state index in [-0.39, 0.29) is 12.6 Å². The van der Waals surface area contributed by atoms with E-state index in [2.05, 4.69) is 26.2 Å². The van der Waals surface area contributed by atoms with Gasteiger partial charge >= 0.3 is 0 Å². The lowest BCUT2D eigenvalue weighted by Crippen LogP contribution is -2.15. The lowest BCUT2D eigenvalue weighted by molar-refractivity contribution is 0.277. The molecule has 1 atom stereocenters. The van der Waals surface area contributed by atoms with E-state index >= 15 is 0 Å². The molecule has 106 valence electrons. The van der Waals surface area contributed by atoms with Gasteiger partial charge in [-0.05, 0) is 24.3 Å². The molecule has 0 aliphatic carbocycles. The van der Waals surface area contributed by atoms with Crippen LogP contribution in [0.2, 0.25) is 0 Å². The SMILES string of the molecule is OCC(Nc1ccccc1)c1ccc(Br)c2cccnc12. The number of pyridine rings is 1. The maximum absolute atomic E-state index is 9.77. The molecular weight excluding hydrogens is 328 g/mol. The van der Waals surface area contributed by atoms with Crippen molar-refractivity contribution >= 4 is 32.5 Å². The van der Waals surface area contributed by atoms with Crippen LogP contribution >= 0.6 is 15.9 Å². The third kappa shape index (κ3) is 2.91. The van der Waals surface area contributed by atoms with Crippen LogP contribution in [-0.2, 0) is 0 Å². The Morgan fingerprint density at radius 2 is 1.86 bits per heavy atom. The normalized spacial score (nSPS) is 12.3. The van der Waals surface area contributed by atoms with Gasteiger partial charge in [-0.25, -0.2) is 0 Å². The van der Waals surface area contributed by atoms with Gasteiger partial charge in [0.25, 0.3) is 0 Å². The molecule has 1 heterocycles. The van der Waals surface area contributed by atoms with Gasteiger partial charge in [-0.2, -0.15) is 0 Å². The van der Waals surface area contributed by atoms with E-state index in [0.717, 1.165) is 26.6 Å². The first-order valence-electron chi connectivity index (χ1n) is 6.75. The standard InChI is InChI=1S/C17H15BrN2O/c18-15-9-8-14(17-13(15)7-4-10-19-17)16(11-21)20-12-5-2-1-3-6-12/h1-10,16,20-21H,11H2. The minimum absolute atomic E-state index is 0.00218. The Balaban J connectivity index is 2.03. The minimum Gasteiger partial charge on any atom is -0.394 e. The summed E-state index contributed by atoms with van der Waals surface area (Å²) in [5.74, 6) is 0. The molecule has 21 heavy (non-hydrogen) atoms. The molecule has 1 unspecified atom stereocenters. The van der Waals surface area contributed by atoms with Crippen molar-refractivity contribution in [2.24, 2.45) is 0 Å². The van der Waals surface area contributed by atoms with Crippen LogP contribution in [0.4, 0.5) is 5.69 Å². The average molecular weight is 343 g/mol. The van der Waals surface area contributed by atoms with E-state index in [9.17, 15) is 5.11 Å². The largest absolute Gasteiger partial charge is 0.394 e. The Bertz CT molecular complexity index is 746. The number of halogens is 1. The molecule has 0 radical (unpaired) electrons. The fourth-order valence-electron chi connectivity index (χ4n) is 2.40. The van der Waals surface area contributed by atoms with Crippen LogP contribution in [0.15, 0.2) is 65.3 Å². The van der Waals surface area contributed by atoms with Crippen LogP contribution in [0.25, 0.3) is 10.9 Å². The van der Waals surface area contributed by atoms with Crippen molar-refractivity contribution in [3.05, 3.63) is 70.8 Å². The van der Waals surface area contributed by atoms with Gasteiger partial charge in [-0.15, -0.1) is 0 Å². The van der Waals surface area contributed by atoms with Crippen LogP contribution in [0, 0.1) is 0 Å². The van der Waals surface area contributed by atoms with E-state index in [4.69, 9.17) is 0 Å². The third-order valence-electron chi connectivity index (χ3n) is 3.42. The first-order valence-corrected chi connectivity index (χ1v) is 7.54. The highest BCUT2D eigenvalue weighted by Gasteiger charge is 2.15. The highest BCUT2D eigenvalue weighted by Crippen LogP contribution is 2.30. The van der Waals surface area contributed by atoms with Crippen molar-refractivity contribution in [1.29, 1.82) is 0 Å². The Morgan fingerprint density at radius 3 is 2.62 bits per heavy atom. The fraction of sp³-hybridized carbons (Fsp3) is 0.118. The number of hydrogen-bond acceptors (Lipinski definition) is 3. The lowest BCUT2D eigenvalue weighted by Gasteiger charge is -2.19. The zero-order valence-corrected chi connectivity index (χ0v) is 12.9. The molecule has 0 aliphatic rings. The second kappa shape index (κ2) is 6.24. The summed E-state index contributed by atoms with van der Waals surface area (Å²) in [4.78, 5) is 4.47. The number of nitrogens with zero attached hydrogens (tertiary/aromatic N) is 1. The topological polar surface area (TPSA) is 45.1 Å². The minimum atomic E-state index is -0.196. The zero-order chi connectivity index (χ0) is 14.7. The highest BCUT2D eigenvalue weighted by molar-refractivity contribution is 9.10. The van der Waals surface area contributed by atoms with Gasteiger partial charge in [0.05, 0.1) is 18.2 Å². The van der Waals surface area contributed by atoms with Crippen LogP contribution in [0.5, 0.6) is 0 Å². The molecule has 0 spiro atoms. The van der Waals surface area contributed by atoms with Crippen LogP contribution in [0.1, 0.15) is 11.6 Å². The molecule has 0 fully saturated rings.